The third-order valence-corrected chi connectivity index (χ3v) is 6.10. The van der Waals surface area contributed by atoms with Gasteiger partial charge in [0.05, 0.1) is 37.2 Å². The molecule has 0 N–H and O–H groups in total. The van der Waals surface area contributed by atoms with Crippen molar-refractivity contribution >= 4 is 17.5 Å². The molecule has 4 heterocycles. The molecule has 2 amide bonds. The molecule has 0 radical (unpaired) electrons. The first-order chi connectivity index (χ1) is 13.9. The number of aromatic nitrogens is 1. The highest BCUT2D eigenvalue weighted by molar-refractivity contribution is 6.03. The van der Waals surface area contributed by atoms with Crippen LogP contribution in [0.25, 0.3) is 0 Å². The van der Waals surface area contributed by atoms with E-state index in [9.17, 15) is 14.0 Å². The molecule has 2 fully saturated rings. The maximum absolute atomic E-state index is 13.5. The molecule has 29 heavy (non-hydrogen) atoms. The van der Waals surface area contributed by atoms with Crippen molar-refractivity contribution in [1.29, 1.82) is 0 Å². The Kier molecular flexibility index (Phi) is 3.89. The van der Waals surface area contributed by atoms with Crippen molar-refractivity contribution in [2.24, 2.45) is 11.8 Å². The molecule has 8 heteroatoms. The van der Waals surface area contributed by atoms with Gasteiger partial charge in [0.15, 0.2) is 5.76 Å². The Bertz CT molecular complexity index is 1020. The van der Waals surface area contributed by atoms with Gasteiger partial charge >= 0.3 is 0 Å². The van der Waals surface area contributed by atoms with Crippen LogP contribution in [0.2, 0.25) is 0 Å². The van der Waals surface area contributed by atoms with E-state index in [1.54, 1.807) is 31.0 Å². The second kappa shape index (κ2) is 6.25. The van der Waals surface area contributed by atoms with E-state index >= 15 is 0 Å². The van der Waals surface area contributed by atoms with Crippen molar-refractivity contribution in [3.63, 3.8) is 0 Å². The van der Waals surface area contributed by atoms with Crippen molar-refractivity contribution in [1.82, 2.24) is 10.1 Å². The van der Waals surface area contributed by atoms with Gasteiger partial charge in [0.25, 0.3) is 0 Å². The molecular formula is C21H20FN3O4. The summed E-state index contributed by atoms with van der Waals surface area (Å²) in [5.74, 6) is -1.34. The Morgan fingerprint density at radius 3 is 2.97 bits per heavy atom. The number of carbonyl (C=O) groups excluding carboxylic acids is 2. The van der Waals surface area contributed by atoms with E-state index in [1.165, 1.54) is 23.2 Å². The fraction of sp³-hybridized carbons (Fsp3) is 0.381. The zero-order valence-corrected chi connectivity index (χ0v) is 16.0. The second-order valence-corrected chi connectivity index (χ2v) is 7.93. The molecule has 1 aromatic heterocycles. The van der Waals surface area contributed by atoms with Crippen LogP contribution >= 0.6 is 0 Å². The maximum Gasteiger partial charge on any atom is 0.234 e. The van der Waals surface area contributed by atoms with Crippen molar-refractivity contribution in [2.75, 3.05) is 18.5 Å². The van der Waals surface area contributed by atoms with Gasteiger partial charge in [-0.15, -0.1) is 0 Å². The number of nitrogens with zero attached hydrogens (tertiary/aromatic N) is 3. The first-order valence-electron chi connectivity index (χ1n) is 9.49. The number of rotatable bonds is 4. The topological polar surface area (TPSA) is 75.9 Å². The molecule has 0 unspecified atom stereocenters. The maximum atomic E-state index is 13.5. The molecule has 150 valence electrons. The fourth-order valence-corrected chi connectivity index (χ4v) is 4.80. The first-order valence-corrected chi connectivity index (χ1v) is 9.49. The van der Waals surface area contributed by atoms with E-state index in [4.69, 9.17) is 9.26 Å². The number of ether oxygens (including phenoxy) is 1. The number of halogens is 1. The zero-order valence-electron chi connectivity index (χ0n) is 16.0. The predicted octanol–water partition coefficient (Wildman–Crippen LogP) is 2.07. The van der Waals surface area contributed by atoms with Gasteiger partial charge in [-0.2, -0.15) is 0 Å². The zero-order chi connectivity index (χ0) is 20.3. The molecule has 3 aliphatic rings. The van der Waals surface area contributed by atoms with Gasteiger partial charge in [-0.05, 0) is 30.7 Å². The molecule has 5 rings (SSSR count). The van der Waals surface area contributed by atoms with E-state index in [1.807, 2.05) is 12.2 Å². The first kappa shape index (κ1) is 18.1. The van der Waals surface area contributed by atoms with Gasteiger partial charge in [0.1, 0.15) is 11.4 Å². The summed E-state index contributed by atoms with van der Waals surface area (Å²) in [7, 11) is 1.68. The molecule has 2 aromatic rings. The fourth-order valence-electron chi connectivity index (χ4n) is 4.80. The normalized spacial score (nSPS) is 29.6. The molecule has 0 saturated carbocycles. The van der Waals surface area contributed by atoms with Crippen molar-refractivity contribution in [3.8, 4) is 0 Å². The summed E-state index contributed by atoms with van der Waals surface area (Å²) in [4.78, 5) is 29.8. The number of hydrogen-bond acceptors (Lipinski definition) is 5. The summed E-state index contributed by atoms with van der Waals surface area (Å²) in [5.41, 5.74) is 0.482. The average molecular weight is 397 g/mol. The lowest BCUT2D eigenvalue weighted by molar-refractivity contribution is -0.139. The lowest BCUT2D eigenvalue weighted by Crippen LogP contribution is -2.44. The predicted molar refractivity (Wildman–Crippen MR) is 100 cm³/mol. The van der Waals surface area contributed by atoms with Crippen LogP contribution < -0.4 is 4.90 Å². The summed E-state index contributed by atoms with van der Waals surface area (Å²) in [5, 5.41) is 3.66. The Labute approximate surface area is 166 Å². The van der Waals surface area contributed by atoms with Crippen LogP contribution in [0.1, 0.15) is 11.3 Å². The monoisotopic (exact) mass is 397 g/mol. The molecule has 0 aliphatic carbocycles. The highest BCUT2D eigenvalue weighted by Crippen LogP contribution is 2.53. The van der Waals surface area contributed by atoms with Gasteiger partial charge in [0.2, 0.25) is 11.8 Å². The summed E-state index contributed by atoms with van der Waals surface area (Å²) in [6.07, 6.45) is 4.87. The second-order valence-electron chi connectivity index (χ2n) is 7.93. The molecular weight excluding hydrogens is 377 g/mol. The lowest BCUT2D eigenvalue weighted by atomic mass is 9.76. The molecule has 2 bridgehead atoms. The molecule has 3 aliphatic heterocycles. The molecule has 4 atom stereocenters. The Morgan fingerprint density at radius 2 is 2.24 bits per heavy atom. The van der Waals surface area contributed by atoms with Crippen molar-refractivity contribution in [2.45, 2.75) is 25.2 Å². The minimum atomic E-state index is -0.823. The number of amides is 2. The van der Waals surface area contributed by atoms with Gasteiger partial charge in [-0.3, -0.25) is 9.59 Å². The summed E-state index contributed by atoms with van der Waals surface area (Å²) >= 11 is 0. The SMILES string of the molecule is Cc1cc(F)ccc1N1C[C@]23C=C[C@H](O2)[C@H](C(=O)N(C)Cc2ccno2)[C@@H]3C1=O. The molecule has 1 spiro atoms. The van der Waals surface area contributed by atoms with Crippen molar-refractivity contribution in [3.05, 3.63) is 59.8 Å². The number of aryl methyl sites for hydroxylation is 1. The van der Waals surface area contributed by atoms with Gasteiger partial charge in [0, 0.05) is 18.8 Å². The number of hydrogen-bond donors (Lipinski definition) is 0. The van der Waals surface area contributed by atoms with E-state index in [2.05, 4.69) is 5.16 Å². The summed E-state index contributed by atoms with van der Waals surface area (Å²) in [6, 6.07) is 6.03. The van der Waals surface area contributed by atoms with Crippen LogP contribution in [0, 0.1) is 24.6 Å². The Morgan fingerprint density at radius 1 is 1.41 bits per heavy atom. The van der Waals surface area contributed by atoms with Crippen LogP contribution in [0.4, 0.5) is 10.1 Å². The van der Waals surface area contributed by atoms with E-state index < -0.39 is 23.5 Å². The lowest BCUT2D eigenvalue weighted by Gasteiger charge is -2.27. The smallest absolute Gasteiger partial charge is 0.234 e. The van der Waals surface area contributed by atoms with Crippen LogP contribution in [-0.4, -0.2) is 47.2 Å². The summed E-state index contributed by atoms with van der Waals surface area (Å²) in [6.45, 7) is 2.34. The van der Waals surface area contributed by atoms with E-state index in [0.717, 1.165) is 0 Å². The minimum absolute atomic E-state index is 0.169. The van der Waals surface area contributed by atoms with Gasteiger partial charge in [-0.25, -0.2) is 4.39 Å². The largest absolute Gasteiger partial charge is 0.360 e. The van der Waals surface area contributed by atoms with Crippen LogP contribution in [-0.2, 0) is 20.9 Å². The molecule has 2 saturated heterocycles. The van der Waals surface area contributed by atoms with Gasteiger partial charge < -0.3 is 19.1 Å². The highest BCUT2D eigenvalue weighted by Gasteiger charge is 2.67. The van der Waals surface area contributed by atoms with Crippen molar-refractivity contribution < 1.29 is 23.2 Å². The number of anilines is 1. The Balaban J connectivity index is 1.44. The van der Waals surface area contributed by atoms with E-state index in [0.29, 0.717) is 23.6 Å². The standard InChI is InChI=1S/C21H20FN3O4/c1-12-9-13(22)3-4-15(12)25-11-21-7-5-16(28-21)17(18(21)20(25)27)19(26)24(2)10-14-6-8-23-29-14/h3-9,16-18H,10-11H2,1-2H3/t16-,17-,18+,21-/m0/s1. The summed E-state index contributed by atoms with van der Waals surface area (Å²) < 4.78 is 24.8. The number of benzene rings is 1. The molecule has 7 nitrogen and oxygen atoms in total. The third-order valence-electron chi connectivity index (χ3n) is 6.10. The average Bonchev–Trinajstić information content (AvgIpc) is 3.44. The van der Waals surface area contributed by atoms with Crippen LogP contribution in [0.15, 0.2) is 47.1 Å². The minimum Gasteiger partial charge on any atom is -0.360 e. The number of fused-ring (bicyclic) bond motifs is 1. The highest BCUT2D eigenvalue weighted by atomic mass is 19.1. The van der Waals surface area contributed by atoms with Crippen LogP contribution in [0.5, 0.6) is 0 Å². The quantitative estimate of drug-likeness (QED) is 0.739. The van der Waals surface area contributed by atoms with Gasteiger partial charge in [-0.1, -0.05) is 17.3 Å². The molecule has 1 aromatic carbocycles. The van der Waals surface area contributed by atoms with E-state index in [-0.39, 0.29) is 24.2 Å². The number of carbonyl (C=O) groups is 2. The van der Waals surface area contributed by atoms with Crippen LogP contribution in [0.3, 0.4) is 0 Å². The third kappa shape index (κ3) is 2.62. The Hall–Kier alpha value is -3.00.